The number of nitrogens with zero attached hydrogens (tertiary/aromatic N) is 1. The molecular weight excluding hydrogens is 178 g/mol. The fraction of sp³-hybridized carbons (Fsp3) is 0.333. The molecule has 7 heteroatoms. The molecule has 0 fully saturated rings. The minimum Gasteiger partial charge on any atom is -0.464 e. The van der Waals surface area contributed by atoms with E-state index in [1.54, 1.807) is 0 Å². The average molecular weight is 187 g/mol. The zero-order valence-electron chi connectivity index (χ0n) is 7.16. The summed E-state index contributed by atoms with van der Waals surface area (Å²) in [6, 6.07) is 0. The van der Waals surface area contributed by atoms with Crippen molar-refractivity contribution in [2.75, 3.05) is 14.2 Å². The van der Waals surface area contributed by atoms with E-state index in [1.165, 1.54) is 7.05 Å². The predicted octanol–water partition coefficient (Wildman–Crippen LogP) is -0.483. The lowest BCUT2D eigenvalue weighted by atomic mass is 10.3. The second kappa shape index (κ2) is 4.86. The molecule has 0 radical (unpaired) electrons. The first-order chi connectivity index (χ1) is 6.04. The predicted molar refractivity (Wildman–Crippen MR) is 43.9 cm³/mol. The number of hydrogen-bond acceptors (Lipinski definition) is 6. The lowest BCUT2D eigenvalue weighted by Crippen LogP contribution is -2.23. The third-order valence-corrected chi connectivity index (χ3v) is 1.12. The fourth-order valence-corrected chi connectivity index (χ4v) is 0.560. The molecule has 0 aliphatic rings. The Bertz CT molecular complexity index is 271. The second-order valence-electron chi connectivity index (χ2n) is 1.94. The molecule has 0 spiro atoms. The maximum Gasteiger partial charge on any atom is 0.363 e. The largest absolute Gasteiger partial charge is 0.464 e. The van der Waals surface area contributed by atoms with Crippen LogP contribution in [0.4, 0.5) is 0 Å². The first kappa shape index (κ1) is 11.1. The molecule has 0 aliphatic carbocycles. The summed E-state index contributed by atoms with van der Waals surface area (Å²) in [6.45, 7) is 0. The summed E-state index contributed by atoms with van der Waals surface area (Å²) in [4.78, 5) is 20.2. The van der Waals surface area contributed by atoms with E-state index in [9.17, 15) is 14.9 Å². The van der Waals surface area contributed by atoms with Crippen LogP contribution in [-0.4, -0.2) is 30.8 Å². The summed E-state index contributed by atoms with van der Waals surface area (Å²) in [7, 11) is 2.47. The van der Waals surface area contributed by atoms with Gasteiger partial charge >= 0.3 is 11.7 Å². The van der Waals surface area contributed by atoms with Gasteiger partial charge in [-0.3, -0.25) is 15.5 Å². The van der Waals surface area contributed by atoms with Crippen molar-refractivity contribution in [3.05, 3.63) is 22.0 Å². The van der Waals surface area contributed by atoms with Crippen LogP contribution in [0.15, 0.2) is 11.9 Å². The molecule has 0 saturated heterocycles. The van der Waals surface area contributed by atoms with Crippen LogP contribution in [-0.2, 0) is 9.53 Å². The van der Waals surface area contributed by atoms with Gasteiger partial charge in [-0.25, -0.2) is 4.79 Å². The first-order valence-electron chi connectivity index (χ1n) is 3.23. The van der Waals surface area contributed by atoms with E-state index < -0.39 is 22.3 Å². The Morgan fingerprint density at radius 1 is 1.69 bits per heavy atom. The highest BCUT2D eigenvalue weighted by Crippen LogP contribution is 1.98. The molecule has 0 atom stereocenters. The molecule has 72 valence electrons. The molecule has 0 rings (SSSR count). The van der Waals surface area contributed by atoms with Crippen molar-refractivity contribution in [2.24, 2.45) is 0 Å². The van der Waals surface area contributed by atoms with Gasteiger partial charge in [-0.1, -0.05) is 0 Å². The highest BCUT2D eigenvalue weighted by molar-refractivity contribution is 6.41. The molecule has 0 aromatic carbocycles. The Morgan fingerprint density at radius 2 is 2.23 bits per heavy atom. The minimum absolute atomic E-state index is 0.630. The van der Waals surface area contributed by atoms with Gasteiger partial charge < -0.3 is 10.1 Å². The number of carbonyl (C=O) groups is 1. The van der Waals surface area contributed by atoms with E-state index in [2.05, 4.69) is 10.1 Å². The highest BCUT2D eigenvalue weighted by Gasteiger charge is 2.24. The third-order valence-electron chi connectivity index (χ3n) is 1.12. The Kier molecular flexibility index (Phi) is 4.14. The molecule has 0 aliphatic heterocycles. The van der Waals surface area contributed by atoms with Gasteiger partial charge in [0.15, 0.2) is 0 Å². The van der Waals surface area contributed by atoms with Gasteiger partial charge in [-0.2, -0.15) is 0 Å². The van der Waals surface area contributed by atoms with Crippen molar-refractivity contribution in [3.63, 3.8) is 0 Å². The van der Waals surface area contributed by atoms with Crippen molar-refractivity contribution in [2.45, 2.75) is 0 Å². The van der Waals surface area contributed by atoms with Crippen molar-refractivity contribution in [1.82, 2.24) is 5.32 Å². The zero-order chi connectivity index (χ0) is 10.4. The van der Waals surface area contributed by atoms with Crippen molar-refractivity contribution < 1.29 is 14.5 Å². The summed E-state index contributed by atoms with van der Waals surface area (Å²) in [6.07, 6.45) is 0.944. The number of nitrogens with one attached hydrogen (secondary N) is 2. The van der Waals surface area contributed by atoms with Gasteiger partial charge in [0, 0.05) is 7.05 Å². The molecule has 0 amide bonds. The van der Waals surface area contributed by atoms with Crippen molar-refractivity contribution in [1.29, 1.82) is 5.41 Å². The monoisotopic (exact) mass is 187 g/mol. The maximum atomic E-state index is 10.7. The molecule has 0 aromatic heterocycles. The molecule has 0 unspecified atom stereocenters. The minimum atomic E-state index is -1.04. The standard InChI is InChI=1S/C6H9N3O4/c1-8-3-4(9(11)12)5(7)6(10)13-2/h3,7-8H,1-2H3/b4-3+,7-5?. The van der Waals surface area contributed by atoms with Crippen LogP contribution in [0.25, 0.3) is 0 Å². The summed E-state index contributed by atoms with van der Waals surface area (Å²) in [5.41, 5.74) is -1.42. The normalized spacial score (nSPS) is 10.5. The topological polar surface area (TPSA) is 105 Å². The number of ether oxygens (including phenoxy) is 1. The summed E-state index contributed by atoms with van der Waals surface area (Å²) in [5, 5.41) is 19.7. The fourth-order valence-electron chi connectivity index (χ4n) is 0.560. The highest BCUT2D eigenvalue weighted by atomic mass is 16.6. The van der Waals surface area contributed by atoms with Gasteiger partial charge in [0.2, 0.25) is 5.71 Å². The lowest BCUT2D eigenvalue weighted by molar-refractivity contribution is -0.415. The summed E-state index contributed by atoms with van der Waals surface area (Å²) in [5.74, 6) is -1.04. The lowest BCUT2D eigenvalue weighted by Gasteiger charge is -1.98. The van der Waals surface area contributed by atoms with Crippen LogP contribution < -0.4 is 5.32 Å². The number of carbonyl (C=O) groups excluding carboxylic acids is 1. The molecular formula is C6H9N3O4. The average Bonchev–Trinajstić information content (AvgIpc) is 2.11. The van der Waals surface area contributed by atoms with Crippen molar-refractivity contribution >= 4 is 11.7 Å². The number of methoxy groups -OCH3 is 1. The van der Waals surface area contributed by atoms with Crippen molar-refractivity contribution in [3.8, 4) is 0 Å². The Hall–Kier alpha value is -1.92. The van der Waals surface area contributed by atoms with Gasteiger partial charge in [0.25, 0.3) is 0 Å². The van der Waals surface area contributed by atoms with E-state index in [-0.39, 0.29) is 0 Å². The van der Waals surface area contributed by atoms with E-state index in [0.717, 1.165) is 13.3 Å². The number of esters is 1. The van der Waals surface area contributed by atoms with Crippen LogP contribution in [0.3, 0.4) is 0 Å². The molecule has 13 heavy (non-hydrogen) atoms. The van der Waals surface area contributed by atoms with Crippen LogP contribution in [0, 0.1) is 15.5 Å². The second-order valence-corrected chi connectivity index (χ2v) is 1.94. The Morgan fingerprint density at radius 3 is 2.54 bits per heavy atom. The SMILES string of the molecule is CN/C=C(\C(=N)C(=O)OC)[N+](=O)[O-]. The van der Waals surface area contributed by atoms with E-state index in [0.29, 0.717) is 0 Å². The van der Waals surface area contributed by atoms with Crippen LogP contribution in [0.2, 0.25) is 0 Å². The van der Waals surface area contributed by atoms with Gasteiger partial charge in [-0.15, -0.1) is 0 Å². The number of hydrogen-bond donors (Lipinski definition) is 2. The quantitative estimate of drug-likeness (QED) is 0.267. The van der Waals surface area contributed by atoms with E-state index >= 15 is 0 Å². The molecule has 2 N–H and O–H groups in total. The molecule has 0 bridgehead atoms. The molecule has 7 nitrogen and oxygen atoms in total. The number of rotatable bonds is 4. The van der Waals surface area contributed by atoms with Crippen LogP contribution in [0.5, 0.6) is 0 Å². The van der Waals surface area contributed by atoms with Crippen LogP contribution >= 0.6 is 0 Å². The Labute approximate surface area is 74.0 Å². The smallest absolute Gasteiger partial charge is 0.363 e. The molecule has 0 saturated carbocycles. The van der Waals surface area contributed by atoms with Gasteiger partial charge in [-0.05, 0) is 0 Å². The van der Waals surface area contributed by atoms with Gasteiger partial charge in [0.05, 0.1) is 18.2 Å². The third kappa shape index (κ3) is 2.89. The molecule has 0 heterocycles. The van der Waals surface area contributed by atoms with Gasteiger partial charge in [0.1, 0.15) is 0 Å². The van der Waals surface area contributed by atoms with E-state index in [1.807, 2.05) is 0 Å². The maximum absolute atomic E-state index is 10.7. The molecule has 0 aromatic rings. The summed E-state index contributed by atoms with van der Waals surface area (Å²) >= 11 is 0. The first-order valence-corrected chi connectivity index (χ1v) is 3.23. The Balaban J connectivity index is 4.77. The van der Waals surface area contributed by atoms with E-state index in [4.69, 9.17) is 5.41 Å². The summed E-state index contributed by atoms with van der Waals surface area (Å²) < 4.78 is 4.15. The number of nitro groups is 1. The zero-order valence-corrected chi connectivity index (χ0v) is 7.16. The van der Waals surface area contributed by atoms with Crippen LogP contribution in [0.1, 0.15) is 0 Å².